The molecule has 2 aliphatic rings. The van der Waals surface area contributed by atoms with Crippen molar-refractivity contribution in [2.24, 2.45) is 0 Å². The van der Waals surface area contributed by atoms with Crippen molar-refractivity contribution in [1.29, 1.82) is 0 Å². The normalized spacial score (nSPS) is 15.1. The quantitative estimate of drug-likeness (QED) is 0.149. The summed E-state index contributed by atoms with van der Waals surface area (Å²) >= 11 is 0. The first kappa shape index (κ1) is 34.2. The van der Waals surface area contributed by atoms with Crippen molar-refractivity contribution < 1.29 is 13.9 Å². The number of rotatable bonds is 13. The highest BCUT2D eigenvalue weighted by molar-refractivity contribution is 5.94. The van der Waals surface area contributed by atoms with E-state index >= 15 is 4.39 Å². The highest BCUT2D eigenvalue weighted by Crippen LogP contribution is 2.38. The van der Waals surface area contributed by atoms with Crippen LogP contribution in [-0.2, 0) is 17.7 Å². The van der Waals surface area contributed by atoms with E-state index in [-0.39, 0.29) is 29.2 Å². The summed E-state index contributed by atoms with van der Waals surface area (Å²) in [6, 6.07) is 10.6. The van der Waals surface area contributed by atoms with E-state index < -0.39 is 22.9 Å². The number of esters is 1. The molecule has 2 fully saturated rings. The monoisotopic (exact) mass is 672 g/mol. The van der Waals surface area contributed by atoms with Crippen molar-refractivity contribution in [2.75, 3.05) is 49.5 Å². The van der Waals surface area contributed by atoms with Gasteiger partial charge in [0.05, 0.1) is 17.8 Å². The van der Waals surface area contributed by atoms with Gasteiger partial charge in [-0.05, 0) is 87.9 Å². The molecule has 11 nitrogen and oxygen atoms in total. The first-order valence-electron chi connectivity index (χ1n) is 17.4. The van der Waals surface area contributed by atoms with Crippen molar-refractivity contribution >= 4 is 34.1 Å². The number of carbonyl (C=O) groups excluding carboxylic acids is 1. The van der Waals surface area contributed by atoms with Crippen molar-refractivity contribution in [3.8, 4) is 0 Å². The number of pyridine rings is 1. The molecular formula is C37H45FN6O5. The second-order valence-electron chi connectivity index (χ2n) is 13.0. The third kappa shape index (κ3) is 7.64. The van der Waals surface area contributed by atoms with E-state index in [0.717, 1.165) is 57.4 Å². The van der Waals surface area contributed by atoms with Crippen LogP contribution in [0, 0.1) is 12.7 Å². The smallest absolute Gasteiger partial charge is 0.343 e. The minimum Gasteiger partial charge on any atom is -0.462 e. The standard InChI is InChI=1S/C37H45FN6O5/c1-4-25-19-26(10-9-24(25)3)39-33-22-34(45)43(37(48)40-33)14-8-6-7-13-41-15-17-42(18-16-41)32-21-31-28(20-30(32)38)35(46)29(36(47)49-5-2)23-44(31)27-11-12-27/h9-10,19-23,27,39H,4-8,11-18H2,1-3H3,(H,40,48). The Morgan fingerprint density at radius 1 is 0.980 bits per heavy atom. The number of unbranched alkanes of at least 4 members (excludes halogenated alkanes) is 2. The lowest BCUT2D eigenvalue weighted by Crippen LogP contribution is -2.47. The maximum atomic E-state index is 15.5. The molecule has 6 rings (SSSR count). The van der Waals surface area contributed by atoms with E-state index in [1.165, 1.54) is 27.8 Å². The fourth-order valence-electron chi connectivity index (χ4n) is 6.69. The topological polar surface area (TPSA) is 122 Å². The van der Waals surface area contributed by atoms with Gasteiger partial charge >= 0.3 is 11.7 Å². The molecule has 12 heteroatoms. The number of piperazine rings is 1. The van der Waals surface area contributed by atoms with E-state index in [1.807, 2.05) is 27.7 Å². The summed E-state index contributed by atoms with van der Waals surface area (Å²) in [5, 5.41) is 3.34. The number of aromatic amines is 1. The Kier molecular flexibility index (Phi) is 10.3. The molecule has 1 aliphatic carbocycles. The van der Waals surface area contributed by atoms with Gasteiger partial charge in [0, 0.05) is 62.1 Å². The molecule has 0 spiro atoms. The lowest BCUT2D eigenvalue weighted by atomic mass is 10.1. The van der Waals surface area contributed by atoms with Gasteiger partial charge in [0.25, 0.3) is 5.56 Å². The van der Waals surface area contributed by atoms with E-state index in [9.17, 15) is 19.2 Å². The third-order valence-electron chi connectivity index (χ3n) is 9.64. The van der Waals surface area contributed by atoms with Crippen LogP contribution in [0.15, 0.2) is 57.0 Å². The number of carbonyl (C=O) groups is 1. The molecule has 0 atom stereocenters. The Hall–Kier alpha value is -4.71. The van der Waals surface area contributed by atoms with Gasteiger partial charge in [-0.1, -0.05) is 19.4 Å². The third-order valence-corrected chi connectivity index (χ3v) is 9.64. The molecule has 0 radical (unpaired) electrons. The molecule has 2 aromatic heterocycles. The minimum absolute atomic E-state index is 0.0598. The lowest BCUT2D eigenvalue weighted by molar-refractivity contribution is 0.0524. The summed E-state index contributed by atoms with van der Waals surface area (Å²) in [5.74, 6) is -0.783. The first-order chi connectivity index (χ1) is 23.7. The fraction of sp³-hybridized carbons (Fsp3) is 0.459. The molecule has 260 valence electrons. The average molecular weight is 673 g/mol. The van der Waals surface area contributed by atoms with Gasteiger partial charge < -0.3 is 19.5 Å². The molecule has 49 heavy (non-hydrogen) atoms. The Labute approximate surface area is 284 Å². The molecule has 2 aromatic carbocycles. The number of fused-ring (bicyclic) bond motifs is 1. The summed E-state index contributed by atoms with van der Waals surface area (Å²) < 4.78 is 23.7. The Balaban J connectivity index is 1.01. The minimum atomic E-state index is -0.682. The van der Waals surface area contributed by atoms with Crippen LogP contribution in [0.3, 0.4) is 0 Å². The number of ether oxygens (including phenoxy) is 1. The number of hydrogen-bond donors (Lipinski definition) is 2. The van der Waals surface area contributed by atoms with Crippen LogP contribution < -0.4 is 26.9 Å². The van der Waals surface area contributed by atoms with Crippen molar-refractivity contribution in [2.45, 2.75) is 71.9 Å². The van der Waals surface area contributed by atoms with E-state index in [0.29, 0.717) is 43.1 Å². The van der Waals surface area contributed by atoms with Crippen LogP contribution in [0.5, 0.6) is 0 Å². The molecule has 1 saturated heterocycles. The van der Waals surface area contributed by atoms with Crippen molar-refractivity contribution in [1.82, 2.24) is 19.0 Å². The van der Waals surface area contributed by atoms with Gasteiger partial charge in [-0.25, -0.2) is 14.0 Å². The summed E-state index contributed by atoms with van der Waals surface area (Å²) in [6.45, 7) is 10.0. The molecule has 0 unspecified atom stereocenters. The number of aryl methyl sites for hydroxylation is 2. The van der Waals surface area contributed by atoms with Crippen LogP contribution in [-0.4, -0.2) is 64.3 Å². The first-order valence-corrected chi connectivity index (χ1v) is 17.4. The highest BCUT2D eigenvalue weighted by atomic mass is 19.1. The molecule has 2 N–H and O–H groups in total. The van der Waals surface area contributed by atoms with Gasteiger partial charge in [-0.3, -0.25) is 24.0 Å². The number of H-pyrrole nitrogens is 1. The van der Waals surface area contributed by atoms with Gasteiger partial charge in [-0.2, -0.15) is 0 Å². The number of halogens is 1. The number of aromatic nitrogens is 3. The second kappa shape index (κ2) is 14.8. The zero-order valence-corrected chi connectivity index (χ0v) is 28.5. The maximum Gasteiger partial charge on any atom is 0.343 e. The van der Waals surface area contributed by atoms with Crippen molar-refractivity contribution in [3.63, 3.8) is 0 Å². The van der Waals surface area contributed by atoms with Crippen LogP contribution in [0.2, 0.25) is 0 Å². The zero-order chi connectivity index (χ0) is 34.7. The number of hydrogen-bond acceptors (Lipinski definition) is 8. The number of nitrogens with one attached hydrogen (secondary N) is 2. The van der Waals surface area contributed by atoms with E-state index in [2.05, 4.69) is 29.0 Å². The second-order valence-corrected chi connectivity index (χ2v) is 13.0. The molecule has 3 heterocycles. The molecule has 0 bridgehead atoms. The highest BCUT2D eigenvalue weighted by Gasteiger charge is 2.29. The molecule has 4 aromatic rings. The Morgan fingerprint density at radius 2 is 1.73 bits per heavy atom. The van der Waals surface area contributed by atoms with E-state index in [1.54, 1.807) is 19.2 Å². The predicted molar refractivity (Wildman–Crippen MR) is 190 cm³/mol. The molecule has 1 saturated carbocycles. The van der Waals surface area contributed by atoms with Crippen molar-refractivity contribution in [3.05, 3.63) is 96.2 Å². The molecule has 1 aliphatic heterocycles. The summed E-state index contributed by atoms with van der Waals surface area (Å²) in [5.41, 5.74) is 3.00. The maximum absolute atomic E-state index is 15.5. The Bertz CT molecular complexity index is 1990. The SMILES string of the molecule is CCOC(=O)c1cn(C2CC2)c2cc(N3CCN(CCCCCn4c(=O)cc(Nc5ccc(C)c(CC)c5)[nH]c4=O)CC3)c(F)cc2c1=O. The van der Waals surface area contributed by atoms with Gasteiger partial charge in [0.1, 0.15) is 17.2 Å². The van der Waals surface area contributed by atoms with Gasteiger partial charge in [-0.15, -0.1) is 0 Å². The summed E-state index contributed by atoms with van der Waals surface area (Å²) in [7, 11) is 0. The van der Waals surface area contributed by atoms with Crippen LogP contribution in [0.4, 0.5) is 21.6 Å². The van der Waals surface area contributed by atoms with Crippen LogP contribution in [0.25, 0.3) is 10.9 Å². The molecule has 0 amide bonds. The van der Waals surface area contributed by atoms with Gasteiger partial charge in [0.15, 0.2) is 0 Å². The lowest BCUT2D eigenvalue weighted by Gasteiger charge is -2.36. The Morgan fingerprint density at radius 3 is 2.43 bits per heavy atom. The summed E-state index contributed by atoms with van der Waals surface area (Å²) in [4.78, 5) is 58.2. The number of nitrogens with zero attached hydrogens (tertiary/aromatic N) is 4. The zero-order valence-electron chi connectivity index (χ0n) is 28.5. The largest absolute Gasteiger partial charge is 0.462 e. The summed E-state index contributed by atoms with van der Waals surface area (Å²) in [6.07, 6.45) is 6.84. The van der Waals surface area contributed by atoms with E-state index in [4.69, 9.17) is 4.74 Å². The predicted octanol–water partition coefficient (Wildman–Crippen LogP) is 5.11. The number of benzene rings is 2. The fourth-order valence-corrected chi connectivity index (χ4v) is 6.69. The van der Waals surface area contributed by atoms with Gasteiger partial charge in [0.2, 0.25) is 5.43 Å². The van der Waals surface area contributed by atoms with Crippen LogP contribution >= 0.6 is 0 Å². The molecular weight excluding hydrogens is 627 g/mol. The number of anilines is 3. The average Bonchev–Trinajstić information content (AvgIpc) is 3.93. The van der Waals surface area contributed by atoms with Crippen LogP contribution in [0.1, 0.15) is 73.5 Å².